The van der Waals surface area contributed by atoms with Crippen molar-refractivity contribution >= 4 is 17.5 Å². The van der Waals surface area contributed by atoms with Crippen LogP contribution in [0.15, 0.2) is 18.2 Å². The summed E-state index contributed by atoms with van der Waals surface area (Å²) in [5.41, 5.74) is 5.35. The summed E-state index contributed by atoms with van der Waals surface area (Å²) >= 11 is 5.55. The zero-order valence-corrected chi connectivity index (χ0v) is 5.85. The van der Waals surface area contributed by atoms with Crippen LogP contribution in [0.4, 0.5) is 0 Å². The lowest BCUT2D eigenvalue weighted by Crippen LogP contribution is -2.10. The molecule has 0 atom stereocenters. The van der Waals surface area contributed by atoms with Gasteiger partial charge < -0.3 is 5.73 Å². The zero-order chi connectivity index (χ0) is 7.56. The standard InChI is InChI=1S/C7H5ClNO/c8-6-3-1-2-5(4-6)7(9)10/h2-4H,(H2,9,10). The Hall–Kier alpha value is -1.02. The maximum absolute atomic E-state index is 10.5. The molecule has 0 saturated heterocycles. The van der Waals surface area contributed by atoms with E-state index in [1.807, 2.05) is 0 Å². The van der Waals surface area contributed by atoms with Crippen molar-refractivity contribution < 1.29 is 4.79 Å². The van der Waals surface area contributed by atoms with Crippen LogP contribution >= 0.6 is 11.6 Å². The molecular formula is C7H5ClNO. The molecule has 10 heavy (non-hydrogen) atoms. The molecule has 1 aromatic carbocycles. The minimum atomic E-state index is -0.487. The number of carbonyl (C=O) groups excluding carboxylic acids is 1. The molecule has 1 amide bonds. The highest BCUT2D eigenvalue weighted by Crippen LogP contribution is 2.08. The van der Waals surface area contributed by atoms with Gasteiger partial charge >= 0.3 is 0 Å². The van der Waals surface area contributed by atoms with E-state index in [1.165, 1.54) is 12.1 Å². The molecule has 1 radical (unpaired) electrons. The first-order chi connectivity index (χ1) is 4.70. The highest BCUT2D eigenvalue weighted by atomic mass is 35.5. The number of hydrogen-bond acceptors (Lipinski definition) is 1. The van der Waals surface area contributed by atoms with Crippen molar-refractivity contribution in [3.63, 3.8) is 0 Å². The van der Waals surface area contributed by atoms with Crippen LogP contribution in [0.1, 0.15) is 10.4 Å². The summed E-state index contributed by atoms with van der Waals surface area (Å²) in [7, 11) is 0. The molecule has 3 heteroatoms. The number of hydrogen-bond donors (Lipinski definition) is 1. The van der Waals surface area contributed by atoms with Crippen molar-refractivity contribution in [3.8, 4) is 0 Å². The number of benzene rings is 1. The summed E-state index contributed by atoms with van der Waals surface area (Å²) in [4.78, 5) is 10.5. The summed E-state index contributed by atoms with van der Waals surface area (Å²) in [5, 5.41) is 0.469. The second-order valence-electron chi connectivity index (χ2n) is 1.80. The Kier molecular flexibility index (Phi) is 1.92. The van der Waals surface area contributed by atoms with Gasteiger partial charge in [-0.3, -0.25) is 4.79 Å². The molecule has 0 aromatic heterocycles. The molecule has 0 aliphatic carbocycles. The fourth-order valence-electron chi connectivity index (χ4n) is 0.585. The number of primary amides is 1. The molecule has 0 unspecified atom stereocenters. The van der Waals surface area contributed by atoms with E-state index in [0.717, 1.165) is 0 Å². The van der Waals surface area contributed by atoms with E-state index in [2.05, 4.69) is 6.07 Å². The van der Waals surface area contributed by atoms with Crippen LogP contribution in [0.2, 0.25) is 5.02 Å². The van der Waals surface area contributed by atoms with Gasteiger partial charge in [0.05, 0.1) is 0 Å². The molecule has 1 rings (SSSR count). The van der Waals surface area contributed by atoms with Gasteiger partial charge in [0.2, 0.25) is 5.91 Å². The maximum Gasteiger partial charge on any atom is 0.248 e. The number of amides is 1. The first-order valence-electron chi connectivity index (χ1n) is 2.66. The first-order valence-corrected chi connectivity index (χ1v) is 3.04. The minimum Gasteiger partial charge on any atom is -0.366 e. The molecular weight excluding hydrogens is 150 g/mol. The van der Waals surface area contributed by atoms with Crippen molar-refractivity contribution in [3.05, 3.63) is 34.9 Å². The second kappa shape index (κ2) is 2.71. The van der Waals surface area contributed by atoms with Gasteiger partial charge in [-0.2, -0.15) is 0 Å². The smallest absolute Gasteiger partial charge is 0.248 e. The third-order valence-electron chi connectivity index (χ3n) is 1.04. The van der Waals surface area contributed by atoms with Crippen molar-refractivity contribution in [1.82, 2.24) is 0 Å². The van der Waals surface area contributed by atoms with Crippen molar-refractivity contribution in [2.45, 2.75) is 0 Å². The van der Waals surface area contributed by atoms with Crippen LogP contribution in [-0.2, 0) is 0 Å². The van der Waals surface area contributed by atoms with E-state index in [0.29, 0.717) is 10.6 Å². The van der Waals surface area contributed by atoms with Gasteiger partial charge in [0.1, 0.15) is 0 Å². The molecule has 1 aromatic rings. The van der Waals surface area contributed by atoms with Gasteiger partial charge in [-0.1, -0.05) is 11.6 Å². The molecule has 0 aliphatic heterocycles. The molecule has 0 aliphatic rings. The third-order valence-corrected chi connectivity index (χ3v) is 1.26. The normalized spacial score (nSPS) is 9.30. The summed E-state index contributed by atoms with van der Waals surface area (Å²) in [6.07, 6.45) is 0. The minimum absolute atomic E-state index is 0.382. The molecule has 0 spiro atoms. The van der Waals surface area contributed by atoms with Crippen molar-refractivity contribution in [2.24, 2.45) is 5.73 Å². The van der Waals surface area contributed by atoms with Crippen LogP contribution in [0.5, 0.6) is 0 Å². The van der Waals surface area contributed by atoms with Gasteiger partial charge in [-0.05, 0) is 24.3 Å². The van der Waals surface area contributed by atoms with E-state index in [9.17, 15) is 4.79 Å². The molecule has 0 fully saturated rings. The molecule has 51 valence electrons. The number of nitrogens with two attached hydrogens (primary N) is 1. The summed E-state index contributed by atoms with van der Waals surface area (Å²) < 4.78 is 0. The lowest BCUT2D eigenvalue weighted by Gasteiger charge is -1.92. The average Bonchev–Trinajstić information content (AvgIpc) is 1.88. The highest BCUT2D eigenvalue weighted by Gasteiger charge is 1.98. The molecule has 0 bridgehead atoms. The van der Waals surface area contributed by atoms with Crippen LogP contribution in [-0.4, -0.2) is 5.91 Å². The lowest BCUT2D eigenvalue weighted by molar-refractivity contribution is 0.100. The van der Waals surface area contributed by atoms with Crippen LogP contribution in [0.25, 0.3) is 0 Å². The Morgan fingerprint density at radius 1 is 1.60 bits per heavy atom. The van der Waals surface area contributed by atoms with E-state index in [4.69, 9.17) is 17.3 Å². The average molecular weight is 155 g/mol. The number of halogens is 1. The predicted octanol–water partition coefficient (Wildman–Crippen LogP) is 1.24. The second-order valence-corrected chi connectivity index (χ2v) is 2.24. The highest BCUT2D eigenvalue weighted by molar-refractivity contribution is 6.30. The molecule has 2 nitrogen and oxygen atoms in total. The quantitative estimate of drug-likeness (QED) is 0.650. The van der Waals surface area contributed by atoms with Gasteiger partial charge in [0.15, 0.2) is 0 Å². The number of carbonyl (C=O) groups is 1. The lowest BCUT2D eigenvalue weighted by atomic mass is 10.2. The van der Waals surface area contributed by atoms with Crippen molar-refractivity contribution in [1.29, 1.82) is 0 Å². The van der Waals surface area contributed by atoms with Crippen LogP contribution < -0.4 is 5.73 Å². The fourth-order valence-corrected chi connectivity index (χ4v) is 0.766. The SMILES string of the molecule is NC(=O)c1c[c]cc(Cl)c1. The molecule has 2 N–H and O–H groups in total. The van der Waals surface area contributed by atoms with Gasteiger partial charge in [-0.25, -0.2) is 0 Å². The van der Waals surface area contributed by atoms with Crippen molar-refractivity contribution in [2.75, 3.05) is 0 Å². The fraction of sp³-hybridized carbons (Fsp3) is 0. The zero-order valence-electron chi connectivity index (χ0n) is 5.10. The topological polar surface area (TPSA) is 43.1 Å². The van der Waals surface area contributed by atoms with E-state index in [1.54, 1.807) is 6.07 Å². The Bertz CT molecular complexity index is 260. The molecule has 0 heterocycles. The van der Waals surface area contributed by atoms with Gasteiger partial charge in [0, 0.05) is 10.6 Å². The van der Waals surface area contributed by atoms with Gasteiger partial charge in [0.25, 0.3) is 0 Å². The summed E-state index contributed by atoms with van der Waals surface area (Å²) in [6.45, 7) is 0. The van der Waals surface area contributed by atoms with Crippen LogP contribution in [0.3, 0.4) is 0 Å². The Morgan fingerprint density at radius 3 is 2.70 bits per heavy atom. The maximum atomic E-state index is 10.5. The predicted molar refractivity (Wildman–Crippen MR) is 38.8 cm³/mol. The Balaban J connectivity index is 3.07. The van der Waals surface area contributed by atoms with E-state index >= 15 is 0 Å². The monoisotopic (exact) mass is 154 g/mol. The third kappa shape index (κ3) is 1.48. The first kappa shape index (κ1) is 7.09. The van der Waals surface area contributed by atoms with Gasteiger partial charge in [-0.15, -0.1) is 0 Å². The Labute approximate surface area is 63.6 Å². The largest absolute Gasteiger partial charge is 0.366 e. The van der Waals surface area contributed by atoms with E-state index in [-0.39, 0.29) is 0 Å². The Morgan fingerprint density at radius 2 is 2.30 bits per heavy atom. The van der Waals surface area contributed by atoms with Crippen LogP contribution in [0, 0.1) is 6.07 Å². The number of rotatable bonds is 1. The summed E-state index contributed by atoms with van der Waals surface area (Å²) in [6, 6.07) is 7.24. The van der Waals surface area contributed by atoms with E-state index < -0.39 is 5.91 Å². The summed E-state index contributed by atoms with van der Waals surface area (Å²) in [5.74, 6) is -0.487. The molecule has 0 saturated carbocycles.